The van der Waals surface area contributed by atoms with Gasteiger partial charge in [0.15, 0.2) is 0 Å². The SMILES string of the molecule is CC(=NNC(=O)c1sccc1C)c1ccc(NC(=O)c2ccoc2C)cc1. The number of nitrogens with zero attached hydrogens (tertiary/aromatic N) is 1. The van der Waals surface area contributed by atoms with Crippen molar-refractivity contribution in [1.82, 2.24) is 5.43 Å². The molecule has 0 saturated carbocycles. The number of nitrogens with one attached hydrogen (secondary N) is 2. The van der Waals surface area contributed by atoms with Gasteiger partial charge >= 0.3 is 0 Å². The minimum absolute atomic E-state index is 0.221. The molecule has 27 heavy (non-hydrogen) atoms. The summed E-state index contributed by atoms with van der Waals surface area (Å²) in [5, 5.41) is 8.85. The maximum Gasteiger partial charge on any atom is 0.281 e. The Hall–Kier alpha value is -3.19. The Labute approximate surface area is 160 Å². The highest BCUT2D eigenvalue weighted by molar-refractivity contribution is 7.12. The molecule has 0 aliphatic rings. The van der Waals surface area contributed by atoms with Gasteiger partial charge in [0.25, 0.3) is 11.8 Å². The Morgan fingerprint density at radius 3 is 2.37 bits per heavy atom. The number of aryl methyl sites for hydroxylation is 2. The van der Waals surface area contributed by atoms with Crippen LogP contribution in [-0.4, -0.2) is 17.5 Å². The molecule has 0 fully saturated rings. The zero-order chi connectivity index (χ0) is 19.4. The molecule has 0 spiro atoms. The van der Waals surface area contributed by atoms with E-state index in [1.54, 1.807) is 25.1 Å². The average Bonchev–Trinajstić information content (AvgIpc) is 3.28. The normalized spacial score (nSPS) is 11.3. The second kappa shape index (κ2) is 8.01. The Morgan fingerprint density at radius 1 is 1.04 bits per heavy atom. The second-order valence-electron chi connectivity index (χ2n) is 5.99. The summed E-state index contributed by atoms with van der Waals surface area (Å²) < 4.78 is 5.14. The summed E-state index contributed by atoms with van der Waals surface area (Å²) in [6.45, 7) is 5.44. The first-order valence-electron chi connectivity index (χ1n) is 8.30. The molecule has 6 nitrogen and oxygen atoms in total. The zero-order valence-corrected chi connectivity index (χ0v) is 16.0. The van der Waals surface area contributed by atoms with E-state index in [0.29, 0.717) is 27.6 Å². The number of thiophene rings is 1. The van der Waals surface area contributed by atoms with Gasteiger partial charge < -0.3 is 9.73 Å². The van der Waals surface area contributed by atoms with Crippen molar-refractivity contribution in [3.63, 3.8) is 0 Å². The molecule has 1 aromatic carbocycles. The lowest BCUT2D eigenvalue weighted by Crippen LogP contribution is -2.19. The smallest absolute Gasteiger partial charge is 0.281 e. The van der Waals surface area contributed by atoms with Gasteiger partial charge in [0, 0.05) is 5.69 Å². The molecule has 0 saturated heterocycles. The van der Waals surface area contributed by atoms with Crippen LogP contribution in [0.25, 0.3) is 0 Å². The van der Waals surface area contributed by atoms with Gasteiger partial charge in [-0.3, -0.25) is 9.59 Å². The van der Waals surface area contributed by atoms with Crippen LogP contribution in [0.5, 0.6) is 0 Å². The van der Waals surface area contributed by atoms with Crippen LogP contribution < -0.4 is 10.7 Å². The van der Waals surface area contributed by atoms with Gasteiger partial charge in [-0.15, -0.1) is 11.3 Å². The van der Waals surface area contributed by atoms with Gasteiger partial charge in [-0.1, -0.05) is 12.1 Å². The molecular weight excluding hydrogens is 362 g/mol. The number of rotatable bonds is 5. The standard InChI is InChI=1S/C20H19N3O3S/c1-12-9-11-27-18(12)20(25)23-22-13(2)15-4-6-16(7-5-15)21-19(24)17-8-10-26-14(17)3/h4-11H,1-3H3,(H,21,24)(H,23,25). The van der Waals surface area contributed by atoms with Crippen LogP contribution in [0.1, 0.15) is 43.8 Å². The first-order chi connectivity index (χ1) is 13.0. The maximum absolute atomic E-state index is 12.2. The van der Waals surface area contributed by atoms with Crippen molar-refractivity contribution in [1.29, 1.82) is 0 Å². The fraction of sp³-hybridized carbons (Fsp3) is 0.150. The van der Waals surface area contributed by atoms with Gasteiger partial charge in [0.2, 0.25) is 0 Å². The lowest BCUT2D eigenvalue weighted by atomic mass is 10.1. The Balaban J connectivity index is 1.64. The van der Waals surface area contributed by atoms with Crippen LogP contribution in [0.15, 0.2) is 57.6 Å². The van der Waals surface area contributed by atoms with E-state index in [1.165, 1.54) is 17.6 Å². The molecule has 0 unspecified atom stereocenters. The molecule has 138 valence electrons. The molecule has 0 bridgehead atoms. The van der Waals surface area contributed by atoms with Crippen molar-refractivity contribution in [2.24, 2.45) is 5.10 Å². The predicted octanol–water partition coefficient (Wildman–Crippen LogP) is 4.36. The Kier molecular flexibility index (Phi) is 5.52. The first-order valence-corrected chi connectivity index (χ1v) is 9.18. The topological polar surface area (TPSA) is 83.7 Å². The summed E-state index contributed by atoms with van der Waals surface area (Å²) in [5.41, 5.74) is 6.18. The van der Waals surface area contributed by atoms with E-state index < -0.39 is 0 Å². The quantitative estimate of drug-likeness (QED) is 0.509. The van der Waals surface area contributed by atoms with Crippen LogP contribution in [0.4, 0.5) is 5.69 Å². The summed E-state index contributed by atoms with van der Waals surface area (Å²) in [6, 6.07) is 10.8. The number of carbonyl (C=O) groups excluding carboxylic acids is 2. The highest BCUT2D eigenvalue weighted by Crippen LogP contribution is 2.16. The molecule has 0 aliphatic heterocycles. The number of amides is 2. The fourth-order valence-corrected chi connectivity index (χ4v) is 3.28. The number of benzene rings is 1. The molecule has 0 atom stereocenters. The van der Waals surface area contributed by atoms with Crippen LogP contribution in [-0.2, 0) is 0 Å². The van der Waals surface area contributed by atoms with Crippen LogP contribution in [0.3, 0.4) is 0 Å². The summed E-state index contributed by atoms with van der Waals surface area (Å²) in [4.78, 5) is 25.0. The number of hydrazone groups is 1. The third kappa shape index (κ3) is 4.32. The predicted molar refractivity (Wildman–Crippen MR) is 107 cm³/mol. The summed E-state index contributed by atoms with van der Waals surface area (Å²) >= 11 is 1.38. The Bertz CT molecular complexity index is 1000. The van der Waals surface area contributed by atoms with Crippen LogP contribution in [0.2, 0.25) is 0 Å². The highest BCUT2D eigenvalue weighted by atomic mass is 32.1. The van der Waals surface area contributed by atoms with E-state index in [2.05, 4.69) is 15.8 Å². The zero-order valence-electron chi connectivity index (χ0n) is 15.2. The van der Waals surface area contributed by atoms with Crippen LogP contribution in [0, 0.1) is 13.8 Å². The molecule has 2 aromatic heterocycles. The van der Waals surface area contributed by atoms with E-state index >= 15 is 0 Å². The monoisotopic (exact) mass is 381 g/mol. The van der Waals surface area contributed by atoms with Crippen LogP contribution >= 0.6 is 11.3 Å². The number of hydrogen-bond acceptors (Lipinski definition) is 5. The minimum Gasteiger partial charge on any atom is -0.469 e. The van der Waals surface area contributed by atoms with E-state index in [0.717, 1.165) is 11.1 Å². The average molecular weight is 381 g/mol. The van der Waals surface area contributed by atoms with Gasteiger partial charge in [0.05, 0.1) is 22.4 Å². The van der Waals surface area contributed by atoms with E-state index in [-0.39, 0.29) is 11.8 Å². The number of anilines is 1. The van der Waals surface area contributed by atoms with Gasteiger partial charge in [-0.2, -0.15) is 5.10 Å². The first kappa shape index (κ1) is 18.6. The molecule has 2 amide bonds. The number of furan rings is 1. The number of hydrogen-bond donors (Lipinski definition) is 2. The van der Waals surface area contributed by atoms with E-state index in [9.17, 15) is 9.59 Å². The molecule has 2 heterocycles. The lowest BCUT2D eigenvalue weighted by molar-refractivity contribution is 0.0957. The number of carbonyl (C=O) groups is 2. The Morgan fingerprint density at radius 2 is 1.78 bits per heavy atom. The van der Waals surface area contributed by atoms with E-state index in [1.807, 2.05) is 37.4 Å². The third-order valence-corrected chi connectivity index (χ3v) is 5.07. The molecule has 2 N–H and O–H groups in total. The van der Waals surface area contributed by atoms with Gasteiger partial charge in [-0.25, -0.2) is 5.43 Å². The van der Waals surface area contributed by atoms with Crippen molar-refractivity contribution >= 4 is 34.6 Å². The van der Waals surface area contributed by atoms with Crippen molar-refractivity contribution in [2.75, 3.05) is 5.32 Å². The van der Waals surface area contributed by atoms with Gasteiger partial charge in [-0.05, 0) is 61.5 Å². The van der Waals surface area contributed by atoms with Crippen molar-refractivity contribution in [3.8, 4) is 0 Å². The van der Waals surface area contributed by atoms with Gasteiger partial charge in [0.1, 0.15) is 5.76 Å². The summed E-state index contributed by atoms with van der Waals surface area (Å²) in [7, 11) is 0. The molecule has 0 radical (unpaired) electrons. The largest absolute Gasteiger partial charge is 0.469 e. The minimum atomic E-state index is -0.224. The lowest BCUT2D eigenvalue weighted by Gasteiger charge is -2.06. The molecule has 3 rings (SSSR count). The molecular formula is C20H19N3O3S. The molecule has 7 heteroatoms. The fourth-order valence-electron chi connectivity index (χ4n) is 2.47. The summed E-state index contributed by atoms with van der Waals surface area (Å²) in [5.74, 6) is 0.128. The van der Waals surface area contributed by atoms with Crippen molar-refractivity contribution < 1.29 is 14.0 Å². The summed E-state index contributed by atoms with van der Waals surface area (Å²) in [6.07, 6.45) is 1.49. The highest BCUT2D eigenvalue weighted by Gasteiger charge is 2.12. The molecule has 3 aromatic rings. The molecule has 0 aliphatic carbocycles. The maximum atomic E-state index is 12.2. The van der Waals surface area contributed by atoms with Crippen molar-refractivity contribution in [2.45, 2.75) is 20.8 Å². The van der Waals surface area contributed by atoms with E-state index in [4.69, 9.17) is 4.42 Å². The van der Waals surface area contributed by atoms with Crippen molar-refractivity contribution in [3.05, 3.63) is 75.4 Å². The second-order valence-corrected chi connectivity index (χ2v) is 6.91. The third-order valence-electron chi connectivity index (χ3n) is 4.06.